The third-order valence-corrected chi connectivity index (χ3v) is 4.57. The number of sulfonamides is 1. The second-order valence-corrected chi connectivity index (χ2v) is 5.84. The lowest BCUT2D eigenvalue weighted by Crippen LogP contribution is -2.13. The molecule has 0 saturated heterocycles. The van der Waals surface area contributed by atoms with Gasteiger partial charge >= 0.3 is 0 Å². The van der Waals surface area contributed by atoms with Crippen LogP contribution in [0.3, 0.4) is 0 Å². The lowest BCUT2D eigenvalue weighted by molar-refractivity contribution is 0.603. The molecule has 0 fully saturated rings. The fourth-order valence-corrected chi connectivity index (χ4v) is 3.13. The summed E-state index contributed by atoms with van der Waals surface area (Å²) in [5.74, 6) is 0.149. The van der Waals surface area contributed by atoms with Gasteiger partial charge in [0, 0.05) is 6.20 Å². The Balaban J connectivity index is 2.33. The standard InChI is InChI=1S/C9H9N3O2S2/c10-7-3-1-5-11-9(7)12-16(13,14)8-4-2-6-15-8/h1-6H,10H2,(H,11,12). The first kappa shape index (κ1) is 10.9. The maximum Gasteiger partial charge on any atom is 0.272 e. The van der Waals surface area contributed by atoms with Crippen LogP contribution < -0.4 is 10.5 Å². The van der Waals surface area contributed by atoms with E-state index in [9.17, 15) is 8.42 Å². The highest BCUT2D eigenvalue weighted by atomic mass is 32.2. The second kappa shape index (κ2) is 4.11. The van der Waals surface area contributed by atoms with Gasteiger partial charge in [0.25, 0.3) is 10.0 Å². The number of aromatic nitrogens is 1. The normalized spacial score (nSPS) is 11.2. The van der Waals surface area contributed by atoms with Gasteiger partial charge < -0.3 is 5.73 Å². The molecule has 0 aliphatic rings. The van der Waals surface area contributed by atoms with Crippen molar-refractivity contribution in [2.24, 2.45) is 0 Å². The minimum Gasteiger partial charge on any atom is -0.396 e. The fourth-order valence-electron chi connectivity index (χ4n) is 1.10. The quantitative estimate of drug-likeness (QED) is 0.871. The van der Waals surface area contributed by atoms with E-state index in [4.69, 9.17) is 5.73 Å². The molecule has 3 N–H and O–H groups in total. The van der Waals surface area contributed by atoms with Gasteiger partial charge in [0.1, 0.15) is 4.21 Å². The number of nitrogens with zero attached hydrogens (tertiary/aromatic N) is 1. The highest BCUT2D eigenvalue weighted by Gasteiger charge is 2.16. The number of nitrogens with two attached hydrogens (primary N) is 1. The molecule has 0 aliphatic carbocycles. The monoisotopic (exact) mass is 255 g/mol. The Morgan fingerprint density at radius 2 is 2.12 bits per heavy atom. The largest absolute Gasteiger partial charge is 0.396 e. The number of thiophene rings is 1. The van der Waals surface area contributed by atoms with E-state index in [2.05, 4.69) is 9.71 Å². The minimum atomic E-state index is -3.57. The van der Waals surface area contributed by atoms with Crippen LogP contribution in [0.25, 0.3) is 0 Å². The Labute approximate surface area is 97.0 Å². The number of rotatable bonds is 3. The molecule has 0 saturated carbocycles. The molecule has 0 radical (unpaired) electrons. The molecule has 84 valence electrons. The Bertz CT molecular complexity index is 579. The van der Waals surface area contributed by atoms with E-state index in [1.807, 2.05) is 0 Å². The van der Waals surface area contributed by atoms with Crippen LogP contribution in [0, 0.1) is 0 Å². The first-order valence-electron chi connectivity index (χ1n) is 4.36. The molecule has 0 spiro atoms. The van der Waals surface area contributed by atoms with E-state index in [1.54, 1.807) is 23.6 Å². The Morgan fingerprint density at radius 1 is 1.31 bits per heavy atom. The third-order valence-electron chi connectivity index (χ3n) is 1.83. The molecule has 7 heteroatoms. The number of pyridine rings is 1. The van der Waals surface area contributed by atoms with Gasteiger partial charge in [-0.15, -0.1) is 11.3 Å². The zero-order valence-corrected chi connectivity index (χ0v) is 9.75. The fraction of sp³-hybridized carbons (Fsp3) is 0. The predicted molar refractivity (Wildman–Crippen MR) is 63.8 cm³/mol. The van der Waals surface area contributed by atoms with Crippen molar-refractivity contribution in [3.8, 4) is 0 Å². The Hall–Kier alpha value is -1.60. The molecule has 0 atom stereocenters. The van der Waals surface area contributed by atoms with Gasteiger partial charge in [-0.3, -0.25) is 4.72 Å². The lowest BCUT2D eigenvalue weighted by atomic mass is 10.4. The summed E-state index contributed by atoms with van der Waals surface area (Å²) >= 11 is 1.14. The number of anilines is 2. The molecule has 0 amide bonds. The zero-order chi connectivity index (χ0) is 11.6. The number of nitrogens with one attached hydrogen (secondary N) is 1. The topological polar surface area (TPSA) is 85.1 Å². The first-order chi connectivity index (χ1) is 7.59. The highest BCUT2D eigenvalue weighted by molar-refractivity contribution is 7.94. The molecular formula is C9H9N3O2S2. The van der Waals surface area contributed by atoms with Crippen molar-refractivity contribution < 1.29 is 8.42 Å². The van der Waals surface area contributed by atoms with Crippen molar-refractivity contribution in [1.29, 1.82) is 0 Å². The molecule has 2 rings (SSSR count). The number of hydrogen-bond acceptors (Lipinski definition) is 5. The minimum absolute atomic E-state index is 0.149. The molecule has 0 aliphatic heterocycles. The molecule has 0 bridgehead atoms. The highest BCUT2D eigenvalue weighted by Crippen LogP contribution is 2.21. The van der Waals surface area contributed by atoms with Crippen molar-refractivity contribution >= 4 is 32.9 Å². The lowest BCUT2D eigenvalue weighted by Gasteiger charge is -2.06. The van der Waals surface area contributed by atoms with Crippen molar-refractivity contribution in [3.05, 3.63) is 35.8 Å². The predicted octanol–water partition coefficient (Wildman–Crippen LogP) is 1.53. The molecule has 2 aromatic heterocycles. The number of nitrogen functional groups attached to an aromatic ring is 1. The molecule has 0 unspecified atom stereocenters. The van der Waals surface area contributed by atoms with Gasteiger partial charge in [0.15, 0.2) is 5.82 Å². The van der Waals surface area contributed by atoms with Crippen molar-refractivity contribution in [2.45, 2.75) is 4.21 Å². The van der Waals surface area contributed by atoms with Gasteiger partial charge in [-0.2, -0.15) is 0 Å². The second-order valence-electron chi connectivity index (χ2n) is 2.98. The van der Waals surface area contributed by atoms with Crippen LogP contribution in [-0.4, -0.2) is 13.4 Å². The maximum atomic E-state index is 11.8. The van der Waals surface area contributed by atoms with Crippen LogP contribution in [-0.2, 0) is 10.0 Å². The van der Waals surface area contributed by atoms with Crippen molar-refractivity contribution in [1.82, 2.24) is 4.98 Å². The van der Waals surface area contributed by atoms with E-state index in [0.717, 1.165) is 11.3 Å². The summed E-state index contributed by atoms with van der Waals surface area (Å²) < 4.78 is 26.2. The van der Waals surface area contributed by atoms with Crippen molar-refractivity contribution in [2.75, 3.05) is 10.5 Å². The summed E-state index contributed by atoms with van der Waals surface area (Å²) in [5, 5.41) is 1.69. The summed E-state index contributed by atoms with van der Waals surface area (Å²) in [5.41, 5.74) is 5.89. The van der Waals surface area contributed by atoms with Gasteiger partial charge in [-0.25, -0.2) is 13.4 Å². The van der Waals surface area contributed by atoms with Crippen LogP contribution in [0.4, 0.5) is 11.5 Å². The molecular weight excluding hydrogens is 246 g/mol. The van der Waals surface area contributed by atoms with E-state index in [-0.39, 0.29) is 10.0 Å². The van der Waals surface area contributed by atoms with Gasteiger partial charge in [0.05, 0.1) is 5.69 Å². The van der Waals surface area contributed by atoms with Crippen LogP contribution in [0.5, 0.6) is 0 Å². The average Bonchev–Trinajstić information content (AvgIpc) is 2.75. The first-order valence-corrected chi connectivity index (χ1v) is 6.73. The van der Waals surface area contributed by atoms with E-state index in [1.165, 1.54) is 12.3 Å². The SMILES string of the molecule is Nc1cccnc1NS(=O)(=O)c1cccs1. The molecule has 16 heavy (non-hydrogen) atoms. The zero-order valence-electron chi connectivity index (χ0n) is 8.12. The summed E-state index contributed by atoms with van der Waals surface area (Å²) in [6.07, 6.45) is 1.47. The van der Waals surface area contributed by atoms with Gasteiger partial charge in [-0.1, -0.05) is 6.07 Å². The Kier molecular flexibility index (Phi) is 2.80. The average molecular weight is 255 g/mol. The van der Waals surface area contributed by atoms with Crippen LogP contribution in [0.1, 0.15) is 0 Å². The summed E-state index contributed by atoms with van der Waals surface area (Å²) in [7, 11) is -3.57. The summed E-state index contributed by atoms with van der Waals surface area (Å²) in [4.78, 5) is 3.86. The number of hydrogen-bond donors (Lipinski definition) is 2. The van der Waals surface area contributed by atoms with Gasteiger partial charge in [-0.05, 0) is 23.6 Å². The Morgan fingerprint density at radius 3 is 2.75 bits per heavy atom. The summed E-state index contributed by atoms with van der Waals surface area (Å²) in [6.45, 7) is 0. The van der Waals surface area contributed by atoms with Crippen LogP contribution in [0.2, 0.25) is 0 Å². The third kappa shape index (κ3) is 2.15. The molecule has 0 aromatic carbocycles. The van der Waals surface area contributed by atoms with Gasteiger partial charge in [0.2, 0.25) is 0 Å². The maximum absolute atomic E-state index is 11.8. The smallest absolute Gasteiger partial charge is 0.272 e. The molecule has 2 aromatic rings. The van der Waals surface area contributed by atoms with E-state index < -0.39 is 10.0 Å². The van der Waals surface area contributed by atoms with Crippen LogP contribution >= 0.6 is 11.3 Å². The van der Waals surface area contributed by atoms with Crippen molar-refractivity contribution in [3.63, 3.8) is 0 Å². The molecule has 5 nitrogen and oxygen atoms in total. The molecule has 2 heterocycles. The van der Waals surface area contributed by atoms with E-state index in [0.29, 0.717) is 5.69 Å². The summed E-state index contributed by atoms with van der Waals surface area (Å²) in [6, 6.07) is 6.41. The van der Waals surface area contributed by atoms with Crippen LogP contribution in [0.15, 0.2) is 40.1 Å². The van der Waals surface area contributed by atoms with E-state index >= 15 is 0 Å².